The lowest BCUT2D eigenvalue weighted by Crippen LogP contribution is -2.22. The second-order valence-electron chi connectivity index (χ2n) is 4.68. The third-order valence-electron chi connectivity index (χ3n) is 3.24. The van der Waals surface area contributed by atoms with Crippen LogP contribution < -0.4 is 10.1 Å². The van der Waals surface area contributed by atoms with Crippen LogP contribution in [0.15, 0.2) is 59.0 Å². The van der Waals surface area contributed by atoms with Crippen molar-refractivity contribution in [2.24, 2.45) is 0 Å². The van der Waals surface area contributed by atoms with Crippen molar-refractivity contribution in [2.45, 2.75) is 6.54 Å². The molecule has 0 unspecified atom stereocenters. The van der Waals surface area contributed by atoms with E-state index in [9.17, 15) is 4.79 Å². The van der Waals surface area contributed by atoms with Gasteiger partial charge in [0.1, 0.15) is 11.3 Å². The molecule has 106 valence electrons. The minimum atomic E-state index is -0.228. The van der Waals surface area contributed by atoms with Crippen molar-refractivity contribution in [2.75, 3.05) is 7.11 Å². The quantitative estimate of drug-likeness (QED) is 0.797. The minimum absolute atomic E-state index is 0.228. The van der Waals surface area contributed by atoms with Crippen molar-refractivity contribution in [1.82, 2.24) is 5.32 Å². The number of hydrogen-bond acceptors (Lipinski definition) is 3. The number of methoxy groups -OCH3 is 1. The van der Waals surface area contributed by atoms with Crippen LogP contribution in [0, 0.1) is 0 Å². The van der Waals surface area contributed by atoms with E-state index in [-0.39, 0.29) is 5.91 Å². The van der Waals surface area contributed by atoms with Gasteiger partial charge in [-0.25, -0.2) is 0 Å². The molecule has 4 nitrogen and oxygen atoms in total. The van der Waals surface area contributed by atoms with Gasteiger partial charge >= 0.3 is 0 Å². The monoisotopic (exact) mass is 281 g/mol. The van der Waals surface area contributed by atoms with E-state index in [1.807, 2.05) is 48.5 Å². The smallest absolute Gasteiger partial charge is 0.287 e. The molecule has 0 aliphatic rings. The van der Waals surface area contributed by atoms with Crippen LogP contribution >= 0.6 is 0 Å². The van der Waals surface area contributed by atoms with Crippen LogP contribution in [-0.4, -0.2) is 13.0 Å². The molecular formula is C17H15NO3. The van der Waals surface area contributed by atoms with E-state index in [4.69, 9.17) is 9.15 Å². The second-order valence-corrected chi connectivity index (χ2v) is 4.68. The summed E-state index contributed by atoms with van der Waals surface area (Å²) in [7, 11) is 1.62. The molecule has 1 N–H and O–H groups in total. The standard InChI is InChI=1S/C17H15NO3/c1-20-14-7-4-5-12(9-14)11-18-17(19)16-10-13-6-2-3-8-15(13)21-16/h2-10H,11H2,1H3,(H,18,19). The fourth-order valence-electron chi connectivity index (χ4n) is 2.15. The van der Waals surface area contributed by atoms with E-state index in [0.717, 1.165) is 16.7 Å². The fraction of sp³-hybridized carbons (Fsp3) is 0.118. The van der Waals surface area contributed by atoms with E-state index < -0.39 is 0 Å². The molecule has 0 saturated heterocycles. The number of carbonyl (C=O) groups is 1. The van der Waals surface area contributed by atoms with Crippen molar-refractivity contribution in [1.29, 1.82) is 0 Å². The minimum Gasteiger partial charge on any atom is -0.497 e. The Morgan fingerprint density at radius 1 is 1.14 bits per heavy atom. The van der Waals surface area contributed by atoms with Gasteiger partial charge in [0.2, 0.25) is 0 Å². The third-order valence-corrected chi connectivity index (χ3v) is 3.24. The SMILES string of the molecule is COc1cccc(CNC(=O)c2cc3ccccc3o2)c1. The van der Waals surface area contributed by atoms with E-state index >= 15 is 0 Å². The van der Waals surface area contributed by atoms with Crippen LogP contribution in [0.2, 0.25) is 0 Å². The summed E-state index contributed by atoms with van der Waals surface area (Å²) in [4.78, 5) is 12.1. The predicted molar refractivity (Wildman–Crippen MR) is 80.4 cm³/mol. The molecule has 3 rings (SSSR count). The van der Waals surface area contributed by atoms with Gasteiger partial charge in [-0.1, -0.05) is 30.3 Å². The molecule has 0 fully saturated rings. The number of ether oxygens (including phenoxy) is 1. The van der Waals surface area contributed by atoms with Gasteiger partial charge in [0, 0.05) is 11.9 Å². The first kappa shape index (κ1) is 13.2. The summed E-state index contributed by atoms with van der Waals surface area (Å²) in [6, 6.07) is 16.9. The van der Waals surface area contributed by atoms with Crippen molar-refractivity contribution < 1.29 is 13.9 Å². The number of nitrogens with one attached hydrogen (secondary N) is 1. The highest BCUT2D eigenvalue weighted by atomic mass is 16.5. The number of benzene rings is 2. The van der Waals surface area contributed by atoms with E-state index in [1.54, 1.807) is 13.2 Å². The topological polar surface area (TPSA) is 51.5 Å². The molecule has 0 radical (unpaired) electrons. The van der Waals surface area contributed by atoms with Crippen molar-refractivity contribution >= 4 is 16.9 Å². The Labute approximate surface area is 122 Å². The summed E-state index contributed by atoms with van der Waals surface area (Å²) < 4.78 is 10.7. The average molecular weight is 281 g/mol. The van der Waals surface area contributed by atoms with Crippen LogP contribution in [0.3, 0.4) is 0 Å². The Balaban J connectivity index is 1.71. The molecule has 1 heterocycles. The van der Waals surface area contributed by atoms with Gasteiger partial charge in [0.15, 0.2) is 5.76 Å². The van der Waals surface area contributed by atoms with Crippen LogP contribution in [0.1, 0.15) is 16.1 Å². The number of hydrogen-bond donors (Lipinski definition) is 1. The van der Waals surface area contributed by atoms with Gasteiger partial charge in [0.05, 0.1) is 7.11 Å². The Morgan fingerprint density at radius 2 is 2.00 bits per heavy atom. The summed E-state index contributed by atoms with van der Waals surface area (Å²) >= 11 is 0. The highest BCUT2D eigenvalue weighted by Crippen LogP contribution is 2.19. The lowest BCUT2D eigenvalue weighted by Gasteiger charge is -2.05. The molecule has 3 aromatic rings. The molecule has 4 heteroatoms. The van der Waals surface area contributed by atoms with E-state index in [0.29, 0.717) is 17.9 Å². The molecule has 0 atom stereocenters. The fourth-order valence-corrected chi connectivity index (χ4v) is 2.15. The molecule has 1 amide bonds. The second kappa shape index (κ2) is 5.71. The molecule has 21 heavy (non-hydrogen) atoms. The summed E-state index contributed by atoms with van der Waals surface area (Å²) in [5.41, 5.74) is 1.68. The molecule has 0 spiro atoms. The average Bonchev–Trinajstić information content (AvgIpc) is 2.97. The number of fused-ring (bicyclic) bond motifs is 1. The van der Waals surface area contributed by atoms with Crippen molar-refractivity contribution in [3.8, 4) is 5.75 Å². The van der Waals surface area contributed by atoms with Crippen molar-refractivity contribution in [3.63, 3.8) is 0 Å². The van der Waals surface area contributed by atoms with Gasteiger partial charge < -0.3 is 14.5 Å². The lowest BCUT2D eigenvalue weighted by molar-refractivity contribution is 0.0925. The van der Waals surface area contributed by atoms with Gasteiger partial charge in [0.25, 0.3) is 5.91 Å². The Kier molecular flexibility index (Phi) is 3.60. The number of para-hydroxylation sites is 1. The predicted octanol–water partition coefficient (Wildman–Crippen LogP) is 3.37. The number of furan rings is 1. The first-order valence-corrected chi connectivity index (χ1v) is 6.66. The zero-order chi connectivity index (χ0) is 14.7. The van der Waals surface area contributed by atoms with Crippen LogP contribution in [0.4, 0.5) is 0 Å². The zero-order valence-electron chi connectivity index (χ0n) is 11.6. The first-order chi connectivity index (χ1) is 10.3. The molecule has 1 aromatic heterocycles. The maximum atomic E-state index is 12.1. The van der Waals surface area contributed by atoms with Gasteiger partial charge in [-0.3, -0.25) is 4.79 Å². The Bertz CT molecular complexity index is 743. The van der Waals surface area contributed by atoms with Crippen molar-refractivity contribution in [3.05, 3.63) is 65.9 Å². The highest BCUT2D eigenvalue weighted by molar-refractivity contribution is 5.96. The normalized spacial score (nSPS) is 10.5. The summed E-state index contributed by atoms with van der Waals surface area (Å²) in [5.74, 6) is 0.860. The Morgan fingerprint density at radius 3 is 2.81 bits per heavy atom. The van der Waals surface area contributed by atoms with Crippen LogP contribution in [0.25, 0.3) is 11.0 Å². The zero-order valence-corrected chi connectivity index (χ0v) is 11.6. The van der Waals surface area contributed by atoms with E-state index in [1.165, 1.54) is 0 Å². The number of amides is 1. The van der Waals surface area contributed by atoms with Gasteiger partial charge in [-0.2, -0.15) is 0 Å². The molecule has 0 aliphatic carbocycles. The number of rotatable bonds is 4. The highest BCUT2D eigenvalue weighted by Gasteiger charge is 2.11. The largest absolute Gasteiger partial charge is 0.497 e. The third kappa shape index (κ3) is 2.89. The first-order valence-electron chi connectivity index (χ1n) is 6.66. The van der Waals surface area contributed by atoms with Crippen LogP contribution in [-0.2, 0) is 6.54 Å². The lowest BCUT2D eigenvalue weighted by atomic mass is 10.2. The number of carbonyl (C=O) groups excluding carboxylic acids is 1. The molecule has 0 aliphatic heterocycles. The molecule has 0 bridgehead atoms. The van der Waals surface area contributed by atoms with E-state index in [2.05, 4.69) is 5.32 Å². The maximum absolute atomic E-state index is 12.1. The van der Waals surface area contributed by atoms with Gasteiger partial charge in [-0.05, 0) is 29.8 Å². The molecule has 0 saturated carbocycles. The maximum Gasteiger partial charge on any atom is 0.287 e. The van der Waals surface area contributed by atoms with Crippen LogP contribution in [0.5, 0.6) is 5.75 Å². The Hall–Kier alpha value is -2.75. The van der Waals surface area contributed by atoms with Gasteiger partial charge in [-0.15, -0.1) is 0 Å². The molecular weight excluding hydrogens is 266 g/mol. The summed E-state index contributed by atoms with van der Waals surface area (Å²) in [5, 5.41) is 3.76. The summed E-state index contributed by atoms with van der Waals surface area (Å²) in [6.07, 6.45) is 0. The molecule has 2 aromatic carbocycles. The summed E-state index contributed by atoms with van der Waals surface area (Å²) in [6.45, 7) is 0.424.